The van der Waals surface area contributed by atoms with Gasteiger partial charge in [0.1, 0.15) is 23.9 Å². The molecule has 0 fully saturated rings. The molecular formula is C25H38N8O9S. The lowest BCUT2D eigenvalue weighted by atomic mass is 10.0. The van der Waals surface area contributed by atoms with Gasteiger partial charge in [-0.25, -0.2) is 4.79 Å². The number of carbonyl (C=O) groups is 6. The molecule has 43 heavy (non-hydrogen) atoms. The van der Waals surface area contributed by atoms with Gasteiger partial charge in [0, 0.05) is 25.1 Å². The van der Waals surface area contributed by atoms with Gasteiger partial charge in [-0.3, -0.25) is 29.0 Å². The maximum absolute atomic E-state index is 13.3. The number of phenols is 1. The van der Waals surface area contributed by atoms with Crippen molar-refractivity contribution < 1.29 is 44.1 Å². The van der Waals surface area contributed by atoms with Crippen molar-refractivity contribution in [3.8, 4) is 5.75 Å². The minimum atomic E-state index is -1.50. The van der Waals surface area contributed by atoms with Crippen molar-refractivity contribution in [3.63, 3.8) is 0 Å². The van der Waals surface area contributed by atoms with Crippen LogP contribution in [0, 0.1) is 0 Å². The molecule has 4 amide bonds. The Bertz CT molecular complexity index is 1160. The van der Waals surface area contributed by atoms with Crippen molar-refractivity contribution in [3.05, 3.63) is 29.8 Å². The summed E-state index contributed by atoms with van der Waals surface area (Å²) in [5, 5.41) is 37.0. The van der Waals surface area contributed by atoms with Gasteiger partial charge in [0.25, 0.3) is 0 Å². The van der Waals surface area contributed by atoms with E-state index >= 15 is 0 Å². The molecule has 238 valence electrons. The fourth-order valence-electron chi connectivity index (χ4n) is 3.54. The van der Waals surface area contributed by atoms with Crippen molar-refractivity contribution >= 4 is 54.2 Å². The van der Waals surface area contributed by atoms with Gasteiger partial charge in [-0.05, 0) is 37.0 Å². The fourth-order valence-corrected chi connectivity index (χ4v) is 3.71. The summed E-state index contributed by atoms with van der Waals surface area (Å²) in [5.74, 6) is -6.06. The van der Waals surface area contributed by atoms with Crippen molar-refractivity contribution in [1.82, 2.24) is 21.3 Å². The van der Waals surface area contributed by atoms with Crippen molar-refractivity contribution in [2.45, 2.75) is 56.3 Å². The van der Waals surface area contributed by atoms with E-state index in [2.05, 4.69) is 38.9 Å². The van der Waals surface area contributed by atoms with Crippen molar-refractivity contribution in [2.75, 3.05) is 18.8 Å². The van der Waals surface area contributed by atoms with Crippen LogP contribution in [0.4, 0.5) is 0 Å². The number of carboxylic acid groups (broad SMARTS) is 2. The molecule has 0 spiro atoms. The zero-order valence-electron chi connectivity index (χ0n) is 23.2. The number of benzene rings is 1. The van der Waals surface area contributed by atoms with E-state index < -0.39 is 72.7 Å². The van der Waals surface area contributed by atoms with Crippen molar-refractivity contribution in [2.24, 2.45) is 22.2 Å². The Morgan fingerprint density at radius 3 is 2.05 bits per heavy atom. The minimum Gasteiger partial charge on any atom is -0.508 e. The second-order valence-electron chi connectivity index (χ2n) is 9.34. The summed E-state index contributed by atoms with van der Waals surface area (Å²) in [4.78, 5) is 77.0. The van der Waals surface area contributed by atoms with Gasteiger partial charge in [-0.2, -0.15) is 12.6 Å². The van der Waals surface area contributed by atoms with Crippen LogP contribution in [0.25, 0.3) is 0 Å². The van der Waals surface area contributed by atoms with E-state index in [-0.39, 0.29) is 49.7 Å². The molecule has 0 saturated carbocycles. The summed E-state index contributed by atoms with van der Waals surface area (Å²) in [5.41, 5.74) is 16.9. The number of amides is 4. The summed E-state index contributed by atoms with van der Waals surface area (Å²) >= 11 is 3.99. The molecule has 4 atom stereocenters. The van der Waals surface area contributed by atoms with E-state index in [1.165, 1.54) is 12.1 Å². The van der Waals surface area contributed by atoms with Gasteiger partial charge in [0.15, 0.2) is 5.96 Å². The zero-order chi connectivity index (χ0) is 32.5. The number of aliphatic carboxylic acids is 2. The van der Waals surface area contributed by atoms with Gasteiger partial charge in [0.05, 0.1) is 12.6 Å². The Morgan fingerprint density at radius 2 is 1.49 bits per heavy atom. The lowest BCUT2D eigenvalue weighted by Crippen LogP contribution is -2.57. The van der Waals surface area contributed by atoms with Gasteiger partial charge in [-0.15, -0.1) is 0 Å². The number of thiol groups is 1. The number of aliphatic imine (C=N–C) groups is 1. The van der Waals surface area contributed by atoms with Crippen molar-refractivity contribution in [1.29, 1.82) is 0 Å². The molecule has 0 aliphatic heterocycles. The normalized spacial score (nSPS) is 13.3. The molecule has 1 aromatic rings. The van der Waals surface area contributed by atoms with Crippen LogP contribution in [-0.2, 0) is 35.2 Å². The number of guanidine groups is 1. The van der Waals surface area contributed by atoms with Crippen LogP contribution in [0.5, 0.6) is 5.75 Å². The highest BCUT2D eigenvalue weighted by molar-refractivity contribution is 7.80. The number of aromatic hydroxyl groups is 1. The number of rotatable bonds is 19. The number of nitrogens with one attached hydrogen (secondary N) is 4. The molecule has 0 heterocycles. The Balaban J connectivity index is 3.04. The number of carbonyl (C=O) groups excluding carboxylic acids is 4. The first-order valence-electron chi connectivity index (χ1n) is 13.1. The molecule has 17 nitrogen and oxygen atoms in total. The third kappa shape index (κ3) is 14.7. The van der Waals surface area contributed by atoms with Crippen LogP contribution in [0.3, 0.4) is 0 Å². The predicted molar refractivity (Wildman–Crippen MR) is 157 cm³/mol. The van der Waals surface area contributed by atoms with E-state index in [4.69, 9.17) is 22.3 Å². The molecule has 0 radical (unpaired) electrons. The monoisotopic (exact) mass is 626 g/mol. The Hall–Kier alpha value is -4.58. The molecule has 0 aliphatic carbocycles. The van der Waals surface area contributed by atoms with Gasteiger partial charge in [-0.1, -0.05) is 12.1 Å². The largest absolute Gasteiger partial charge is 0.508 e. The summed E-state index contributed by atoms with van der Waals surface area (Å²) in [6.07, 6.45) is -0.692. The van der Waals surface area contributed by atoms with Gasteiger partial charge >= 0.3 is 11.9 Å². The SMILES string of the molecule is NC(N)=NCCC[C@H](NC(=O)[C@H](Cc1ccc(O)cc1)NC(=O)[C@@H](N)CS)C(=O)NCC(=O)N[C@@H](CCC(=O)O)C(=O)O. The summed E-state index contributed by atoms with van der Waals surface area (Å²) in [7, 11) is 0. The minimum absolute atomic E-state index is 0.00235. The third-order valence-corrected chi connectivity index (χ3v) is 6.22. The highest BCUT2D eigenvalue weighted by Crippen LogP contribution is 2.12. The first kappa shape index (κ1) is 36.4. The smallest absolute Gasteiger partial charge is 0.326 e. The second kappa shape index (κ2) is 18.8. The average molecular weight is 627 g/mol. The number of hydrogen-bond acceptors (Lipinski definition) is 10. The molecule has 0 bridgehead atoms. The lowest BCUT2D eigenvalue weighted by Gasteiger charge is -2.24. The average Bonchev–Trinajstić information content (AvgIpc) is 2.95. The van der Waals surface area contributed by atoms with E-state index in [0.29, 0.717) is 5.56 Å². The highest BCUT2D eigenvalue weighted by Gasteiger charge is 2.29. The summed E-state index contributed by atoms with van der Waals surface area (Å²) in [6, 6.07) is 0.905. The van der Waals surface area contributed by atoms with Gasteiger partial charge < -0.3 is 53.8 Å². The zero-order valence-corrected chi connectivity index (χ0v) is 24.1. The molecule has 1 rings (SSSR count). The van der Waals surface area contributed by atoms with Crippen LogP contribution in [0.1, 0.15) is 31.2 Å². The van der Waals surface area contributed by atoms with E-state index in [0.717, 1.165) is 0 Å². The molecule has 13 N–H and O–H groups in total. The van der Waals surface area contributed by atoms with Crippen LogP contribution < -0.4 is 38.5 Å². The molecule has 0 aromatic heterocycles. The number of carboxylic acids is 2. The predicted octanol–water partition coefficient (Wildman–Crippen LogP) is -3.23. The first-order valence-corrected chi connectivity index (χ1v) is 13.7. The van der Waals surface area contributed by atoms with Crippen LogP contribution >= 0.6 is 12.6 Å². The molecule has 1 aromatic carbocycles. The number of nitrogens with two attached hydrogens (primary N) is 3. The van der Waals surface area contributed by atoms with Crippen LogP contribution in [0.2, 0.25) is 0 Å². The van der Waals surface area contributed by atoms with E-state index in [9.17, 15) is 39.0 Å². The Kier molecular flexibility index (Phi) is 15.9. The molecule has 0 unspecified atom stereocenters. The maximum Gasteiger partial charge on any atom is 0.326 e. The summed E-state index contributed by atoms with van der Waals surface area (Å²) in [6.45, 7) is -0.572. The van der Waals surface area contributed by atoms with E-state index in [1.807, 2.05) is 0 Å². The number of hydrogen-bond donors (Lipinski definition) is 11. The maximum atomic E-state index is 13.3. The molecule has 18 heteroatoms. The van der Waals surface area contributed by atoms with Crippen LogP contribution in [-0.4, -0.2) is 99.9 Å². The molecular weight excluding hydrogens is 588 g/mol. The number of nitrogens with zero attached hydrogens (tertiary/aromatic N) is 1. The molecule has 0 saturated heterocycles. The fraction of sp³-hybridized carbons (Fsp3) is 0.480. The Morgan fingerprint density at radius 1 is 0.860 bits per heavy atom. The quantitative estimate of drug-likeness (QED) is 0.0312. The van der Waals surface area contributed by atoms with Crippen LogP contribution in [0.15, 0.2) is 29.3 Å². The number of phenolic OH excluding ortho intramolecular Hbond substituents is 1. The Labute approximate surface area is 252 Å². The topological polar surface area (TPSA) is 302 Å². The molecule has 0 aliphatic rings. The third-order valence-electron chi connectivity index (χ3n) is 5.82. The van der Waals surface area contributed by atoms with E-state index in [1.54, 1.807) is 12.1 Å². The second-order valence-corrected chi connectivity index (χ2v) is 9.70. The standard InChI is InChI=1S/C25H38N8O9S/c26-15(12-43)21(38)33-18(10-13-3-5-14(34)6-4-13)23(40)32-16(2-1-9-29-25(27)28)22(39)30-11-19(35)31-17(24(41)42)7-8-20(36)37/h3-6,15-18,34,43H,1-2,7-12,26H2,(H,30,39)(H,31,35)(H,32,40)(H,33,38)(H,36,37)(H,41,42)(H4,27,28,29)/t15-,16-,17-,18-/m0/s1. The summed E-state index contributed by atoms with van der Waals surface area (Å²) < 4.78 is 0. The first-order chi connectivity index (χ1) is 20.2. The van der Waals surface area contributed by atoms with Gasteiger partial charge in [0.2, 0.25) is 23.6 Å². The lowest BCUT2D eigenvalue weighted by molar-refractivity contribution is -0.143. The highest BCUT2D eigenvalue weighted by atomic mass is 32.1.